The summed E-state index contributed by atoms with van der Waals surface area (Å²) in [5, 5.41) is 0. The van der Waals surface area contributed by atoms with E-state index in [4.69, 9.17) is 9.97 Å². The third-order valence-electron chi connectivity index (χ3n) is 10.6. The first kappa shape index (κ1) is 34.7. The summed E-state index contributed by atoms with van der Waals surface area (Å²) in [6, 6.07) is 71.9. The molecule has 3 aromatic heterocycles. The summed E-state index contributed by atoms with van der Waals surface area (Å²) in [7, 11) is 0. The number of hydrogen-bond acceptors (Lipinski definition) is 4. The van der Waals surface area contributed by atoms with Gasteiger partial charge in [0.2, 0.25) is 0 Å². The molecule has 10 rings (SSSR count). The molecule has 0 saturated heterocycles. The molecule has 0 unspecified atom stereocenters. The molecule has 0 N–H and O–H groups in total. The van der Waals surface area contributed by atoms with Crippen molar-refractivity contribution in [2.75, 3.05) is 0 Å². The SMILES string of the molecule is c1ccc(-c2cccc(-c3ccc(-c4cccc(-c5ccccc5)c4)c4nc(-c5ccc(-c6ccccn6)cc5)c(-c5ccc(-c6ccccn6)cc5)nc34)c2)cc1. The van der Waals surface area contributed by atoms with Crippen molar-refractivity contribution in [2.24, 2.45) is 0 Å². The fourth-order valence-electron chi connectivity index (χ4n) is 7.66. The van der Waals surface area contributed by atoms with E-state index in [0.717, 1.165) is 89.4 Å². The van der Waals surface area contributed by atoms with Crippen molar-refractivity contribution in [3.63, 3.8) is 0 Å². The van der Waals surface area contributed by atoms with Gasteiger partial charge in [-0.05, 0) is 69.8 Å². The first-order chi connectivity index (χ1) is 28.7. The standard InChI is InChI=1S/C54H36N4/c1-3-13-37(14-4-1)43-17-11-19-45(35-43)47-31-32-48(46-20-12-18-44(36-46)38-15-5-2-6-16-38)54-53(47)57-51(41-27-23-39(24-28-41)49-21-7-9-33-55-49)52(58-54)42-29-25-40(26-30-42)50-22-8-10-34-56-50/h1-36H. The van der Waals surface area contributed by atoms with Gasteiger partial charge in [-0.1, -0.05) is 170 Å². The highest BCUT2D eigenvalue weighted by Crippen LogP contribution is 2.41. The summed E-state index contributed by atoms with van der Waals surface area (Å²) < 4.78 is 0. The van der Waals surface area contributed by atoms with Crippen LogP contribution in [-0.4, -0.2) is 19.9 Å². The molecule has 0 aliphatic heterocycles. The largest absolute Gasteiger partial charge is 0.256 e. The molecular weight excluding hydrogens is 705 g/mol. The molecule has 0 amide bonds. The van der Waals surface area contributed by atoms with Crippen LogP contribution < -0.4 is 0 Å². The summed E-state index contributed by atoms with van der Waals surface area (Å²) in [6.07, 6.45) is 3.65. The monoisotopic (exact) mass is 740 g/mol. The number of pyridine rings is 2. The molecule has 272 valence electrons. The van der Waals surface area contributed by atoms with Crippen molar-refractivity contribution in [3.05, 3.63) is 219 Å². The Balaban J connectivity index is 1.21. The molecule has 0 bridgehead atoms. The summed E-state index contributed by atoms with van der Waals surface area (Å²) in [4.78, 5) is 20.5. The topological polar surface area (TPSA) is 51.6 Å². The maximum atomic E-state index is 5.66. The fraction of sp³-hybridized carbons (Fsp3) is 0. The molecule has 0 aliphatic rings. The molecule has 4 heteroatoms. The van der Waals surface area contributed by atoms with Gasteiger partial charge < -0.3 is 0 Å². The van der Waals surface area contributed by atoms with Crippen molar-refractivity contribution in [1.82, 2.24) is 19.9 Å². The zero-order valence-electron chi connectivity index (χ0n) is 31.6. The van der Waals surface area contributed by atoms with E-state index in [-0.39, 0.29) is 0 Å². The maximum Gasteiger partial charge on any atom is 0.0979 e. The van der Waals surface area contributed by atoms with Gasteiger partial charge in [-0.15, -0.1) is 0 Å². The molecule has 0 atom stereocenters. The lowest BCUT2D eigenvalue weighted by molar-refractivity contribution is 1.29. The van der Waals surface area contributed by atoms with E-state index in [2.05, 4.69) is 180 Å². The van der Waals surface area contributed by atoms with Crippen LogP contribution in [-0.2, 0) is 0 Å². The van der Waals surface area contributed by atoms with Crippen LogP contribution in [0.25, 0.3) is 101 Å². The Morgan fingerprint density at radius 3 is 1.00 bits per heavy atom. The Morgan fingerprint density at radius 2 is 0.603 bits per heavy atom. The fourth-order valence-corrected chi connectivity index (χ4v) is 7.66. The van der Waals surface area contributed by atoms with Crippen molar-refractivity contribution < 1.29 is 0 Å². The van der Waals surface area contributed by atoms with E-state index in [9.17, 15) is 0 Å². The lowest BCUT2D eigenvalue weighted by Crippen LogP contribution is -1.99. The molecule has 4 nitrogen and oxygen atoms in total. The van der Waals surface area contributed by atoms with E-state index in [1.54, 1.807) is 0 Å². The van der Waals surface area contributed by atoms with Crippen molar-refractivity contribution in [3.8, 4) is 89.5 Å². The van der Waals surface area contributed by atoms with Gasteiger partial charge in [0.15, 0.2) is 0 Å². The summed E-state index contributed by atoms with van der Waals surface area (Å²) in [5.74, 6) is 0. The van der Waals surface area contributed by atoms with Crippen LogP contribution in [0.1, 0.15) is 0 Å². The van der Waals surface area contributed by atoms with Gasteiger partial charge in [-0.2, -0.15) is 0 Å². The normalized spacial score (nSPS) is 11.1. The zero-order valence-corrected chi connectivity index (χ0v) is 31.6. The highest BCUT2D eigenvalue weighted by Gasteiger charge is 2.20. The Labute approximate surface area is 337 Å². The second kappa shape index (κ2) is 15.4. The van der Waals surface area contributed by atoms with Crippen molar-refractivity contribution in [2.45, 2.75) is 0 Å². The lowest BCUT2D eigenvalue weighted by atomic mass is 9.93. The van der Waals surface area contributed by atoms with Crippen molar-refractivity contribution in [1.29, 1.82) is 0 Å². The van der Waals surface area contributed by atoms with E-state index in [0.29, 0.717) is 0 Å². The first-order valence-corrected chi connectivity index (χ1v) is 19.5. The van der Waals surface area contributed by atoms with Crippen LogP contribution in [0.3, 0.4) is 0 Å². The average Bonchev–Trinajstić information content (AvgIpc) is 3.32. The predicted molar refractivity (Wildman–Crippen MR) is 239 cm³/mol. The third kappa shape index (κ3) is 6.84. The van der Waals surface area contributed by atoms with Gasteiger partial charge in [-0.3, -0.25) is 9.97 Å². The van der Waals surface area contributed by atoms with Crippen LogP contribution in [0.4, 0.5) is 0 Å². The van der Waals surface area contributed by atoms with Crippen LogP contribution in [0.15, 0.2) is 219 Å². The van der Waals surface area contributed by atoms with Crippen LogP contribution in [0.5, 0.6) is 0 Å². The van der Waals surface area contributed by atoms with E-state index in [1.165, 1.54) is 11.1 Å². The van der Waals surface area contributed by atoms with Gasteiger partial charge in [0.05, 0.1) is 33.8 Å². The Hall–Kier alpha value is -7.82. The van der Waals surface area contributed by atoms with Crippen LogP contribution in [0, 0.1) is 0 Å². The number of nitrogens with zero attached hydrogens (tertiary/aromatic N) is 4. The number of rotatable bonds is 8. The van der Waals surface area contributed by atoms with Gasteiger partial charge in [0.1, 0.15) is 0 Å². The quantitative estimate of drug-likeness (QED) is 0.156. The van der Waals surface area contributed by atoms with Gasteiger partial charge >= 0.3 is 0 Å². The lowest BCUT2D eigenvalue weighted by Gasteiger charge is -2.17. The minimum atomic E-state index is 0.807. The molecule has 0 radical (unpaired) electrons. The molecular formula is C54H36N4. The molecule has 10 aromatic rings. The maximum absolute atomic E-state index is 5.66. The molecule has 0 fully saturated rings. The van der Waals surface area contributed by atoms with E-state index < -0.39 is 0 Å². The minimum absolute atomic E-state index is 0.807. The summed E-state index contributed by atoms with van der Waals surface area (Å²) in [5.41, 5.74) is 18.0. The van der Waals surface area contributed by atoms with E-state index in [1.807, 2.05) is 48.8 Å². The average molecular weight is 741 g/mol. The Morgan fingerprint density at radius 1 is 0.241 bits per heavy atom. The minimum Gasteiger partial charge on any atom is -0.256 e. The van der Waals surface area contributed by atoms with Crippen LogP contribution in [0.2, 0.25) is 0 Å². The second-order valence-corrected chi connectivity index (χ2v) is 14.3. The molecule has 0 spiro atoms. The first-order valence-electron chi connectivity index (χ1n) is 19.5. The Bertz CT molecular complexity index is 2790. The number of benzene rings is 7. The molecule has 0 saturated carbocycles. The van der Waals surface area contributed by atoms with Gasteiger partial charge in [0.25, 0.3) is 0 Å². The number of fused-ring (bicyclic) bond motifs is 1. The second-order valence-electron chi connectivity index (χ2n) is 14.3. The molecule has 7 aromatic carbocycles. The third-order valence-corrected chi connectivity index (χ3v) is 10.6. The molecule has 0 aliphatic carbocycles. The summed E-state index contributed by atoms with van der Waals surface area (Å²) >= 11 is 0. The number of hydrogen-bond donors (Lipinski definition) is 0. The molecule has 3 heterocycles. The van der Waals surface area contributed by atoms with Gasteiger partial charge in [0, 0.05) is 45.8 Å². The highest BCUT2D eigenvalue weighted by atomic mass is 14.8. The van der Waals surface area contributed by atoms with Crippen LogP contribution >= 0.6 is 0 Å². The van der Waals surface area contributed by atoms with Gasteiger partial charge in [-0.25, -0.2) is 9.97 Å². The predicted octanol–water partition coefficient (Wildman–Crippen LogP) is 13.8. The highest BCUT2D eigenvalue weighted by molar-refractivity contribution is 6.03. The smallest absolute Gasteiger partial charge is 0.0979 e. The van der Waals surface area contributed by atoms with Crippen molar-refractivity contribution >= 4 is 11.0 Å². The van der Waals surface area contributed by atoms with E-state index >= 15 is 0 Å². The molecule has 58 heavy (non-hydrogen) atoms. The summed E-state index contributed by atoms with van der Waals surface area (Å²) in [6.45, 7) is 0. The zero-order chi connectivity index (χ0) is 38.7. The number of aromatic nitrogens is 4. The Kier molecular flexibility index (Phi) is 9.18.